The van der Waals surface area contributed by atoms with Gasteiger partial charge in [-0.15, -0.1) is 0 Å². The normalized spacial score (nSPS) is 19.1. The monoisotopic (exact) mass is 479 g/mol. The third-order valence-corrected chi connectivity index (χ3v) is 7.70. The van der Waals surface area contributed by atoms with Crippen LogP contribution < -0.4 is 4.74 Å². The lowest BCUT2D eigenvalue weighted by Crippen LogP contribution is -2.55. The summed E-state index contributed by atoms with van der Waals surface area (Å²) in [6, 6.07) is 11.8. The van der Waals surface area contributed by atoms with E-state index in [0.717, 1.165) is 27.9 Å². The van der Waals surface area contributed by atoms with Crippen LogP contribution in [0.3, 0.4) is 0 Å². The molecule has 2 N–H and O–H groups in total. The molecule has 5 rings (SSSR count). The van der Waals surface area contributed by atoms with Gasteiger partial charge in [-0.2, -0.15) is 0 Å². The molecule has 0 aliphatic carbocycles. The molecular weight excluding hydrogens is 449 g/mol. The van der Waals surface area contributed by atoms with Crippen molar-refractivity contribution >= 4 is 22.7 Å². The first-order valence-corrected chi connectivity index (χ1v) is 12.0. The van der Waals surface area contributed by atoms with E-state index < -0.39 is 6.04 Å². The lowest BCUT2D eigenvalue weighted by Gasteiger charge is -2.50. The minimum atomic E-state index is -0.452. The molecule has 1 fully saturated rings. The van der Waals surface area contributed by atoms with E-state index >= 15 is 0 Å². The number of methoxy groups -OCH3 is 1. The molecule has 2 aromatic carbocycles. The van der Waals surface area contributed by atoms with Crippen molar-refractivity contribution in [3.63, 3.8) is 0 Å². The largest absolute Gasteiger partial charge is 0.497 e. The van der Waals surface area contributed by atoms with Gasteiger partial charge in [-0.3, -0.25) is 9.59 Å². The van der Waals surface area contributed by atoms with Crippen LogP contribution in [0, 0.1) is 5.82 Å². The van der Waals surface area contributed by atoms with E-state index in [9.17, 15) is 19.1 Å². The topological polar surface area (TPSA) is 85.9 Å². The summed E-state index contributed by atoms with van der Waals surface area (Å²) in [7, 11) is 1.62. The Hall–Kier alpha value is -3.39. The molecule has 35 heavy (non-hydrogen) atoms. The van der Waals surface area contributed by atoms with E-state index in [-0.39, 0.29) is 36.1 Å². The van der Waals surface area contributed by atoms with Crippen LogP contribution in [0.4, 0.5) is 4.39 Å². The molecule has 2 amide bonds. The molecule has 7 nitrogen and oxygen atoms in total. The summed E-state index contributed by atoms with van der Waals surface area (Å²) in [6.07, 6.45) is 1.37. The molecule has 1 atom stereocenters. The quantitative estimate of drug-likeness (QED) is 0.601. The zero-order valence-corrected chi connectivity index (χ0v) is 20.0. The molecule has 2 aliphatic heterocycles. The van der Waals surface area contributed by atoms with Crippen LogP contribution in [-0.4, -0.2) is 65.1 Å². The number of aromatic nitrogens is 1. The summed E-state index contributed by atoms with van der Waals surface area (Å²) in [6.45, 7) is 2.87. The zero-order valence-electron chi connectivity index (χ0n) is 20.0. The first-order chi connectivity index (χ1) is 16.9. The van der Waals surface area contributed by atoms with Crippen molar-refractivity contribution in [1.82, 2.24) is 14.8 Å². The lowest BCUT2D eigenvalue weighted by molar-refractivity contribution is -0.137. The highest BCUT2D eigenvalue weighted by atomic mass is 19.1. The highest BCUT2D eigenvalue weighted by molar-refractivity contribution is 5.89. The second-order valence-corrected chi connectivity index (χ2v) is 9.60. The van der Waals surface area contributed by atoms with Gasteiger partial charge in [0.15, 0.2) is 0 Å². The van der Waals surface area contributed by atoms with Gasteiger partial charge in [0, 0.05) is 54.6 Å². The number of aliphatic hydroxyl groups is 1. The van der Waals surface area contributed by atoms with E-state index in [2.05, 4.69) is 4.98 Å². The van der Waals surface area contributed by atoms with E-state index in [4.69, 9.17) is 4.74 Å². The fourth-order valence-corrected chi connectivity index (χ4v) is 5.85. The Morgan fingerprint density at radius 3 is 2.60 bits per heavy atom. The number of rotatable bonds is 4. The summed E-state index contributed by atoms with van der Waals surface area (Å²) in [5.41, 5.74) is 2.91. The van der Waals surface area contributed by atoms with Gasteiger partial charge in [0.05, 0.1) is 26.2 Å². The Bertz CT molecular complexity index is 1280. The van der Waals surface area contributed by atoms with Gasteiger partial charge >= 0.3 is 0 Å². The maximum atomic E-state index is 14.1. The number of fused-ring (bicyclic) bond motifs is 4. The number of amides is 2. The molecule has 0 unspecified atom stereocenters. The SMILES string of the molecule is COc1ccc2c3c([nH]c2c1)[C@H](CO)N(C(C)=O)CC31CCN(C(=O)Cc2ccccc2F)CC1. The molecule has 0 bridgehead atoms. The Balaban J connectivity index is 1.48. The maximum absolute atomic E-state index is 14.1. The molecular formula is C27H30FN3O4. The smallest absolute Gasteiger partial charge is 0.227 e. The van der Waals surface area contributed by atoms with E-state index in [1.54, 1.807) is 35.1 Å². The first-order valence-electron chi connectivity index (χ1n) is 12.0. The third-order valence-electron chi connectivity index (χ3n) is 7.70. The molecule has 3 aromatic rings. The van der Waals surface area contributed by atoms with Gasteiger partial charge in [0.1, 0.15) is 11.6 Å². The van der Waals surface area contributed by atoms with Crippen molar-refractivity contribution in [3.05, 3.63) is 65.1 Å². The Morgan fingerprint density at radius 1 is 1.20 bits per heavy atom. The second-order valence-electron chi connectivity index (χ2n) is 9.60. The lowest BCUT2D eigenvalue weighted by atomic mass is 9.68. The van der Waals surface area contributed by atoms with Crippen LogP contribution in [0.1, 0.15) is 42.6 Å². The number of ether oxygens (including phenoxy) is 1. The number of nitrogens with one attached hydrogen (secondary N) is 1. The van der Waals surface area contributed by atoms with Gasteiger partial charge in [0.25, 0.3) is 0 Å². The Kier molecular flexibility index (Phi) is 6.01. The molecule has 0 saturated carbocycles. The molecule has 8 heteroatoms. The molecule has 3 heterocycles. The van der Waals surface area contributed by atoms with Gasteiger partial charge in [-0.1, -0.05) is 18.2 Å². The number of nitrogens with zero attached hydrogens (tertiary/aromatic N) is 2. The molecule has 1 aromatic heterocycles. The highest BCUT2D eigenvalue weighted by Gasteiger charge is 2.48. The predicted octanol–water partition coefficient (Wildman–Crippen LogP) is 3.31. The zero-order chi connectivity index (χ0) is 24.7. The van der Waals surface area contributed by atoms with E-state index in [1.807, 2.05) is 18.2 Å². The number of benzene rings is 2. The van der Waals surface area contributed by atoms with Crippen molar-refractivity contribution in [2.24, 2.45) is 0 Å². The first kappa shape index (κ1) is 23.4. The summed E-state index contributed by atoms with van der Waals surface area (Å²) >= 11 is 0. The number of hydrogen-bond donors (Lipinski definition) is 2. The summed E-state index contributed by atoms with van der Waals surface area (Å²) in [5.74, 6) is 0.167. The van der Waals surface area contributed by atoms with Crippen molar-refractivity contribution in [3.8, 4) is 5.75 Å². The minimum absolute atomic E-state index is 0.0317. The number of carbonyl (C=O) groups is 2. The minimum Gasteiger partial charge on any atom is -0.497 e. The molecule has 0 radical (unpaired) electrons. The number of piperidine rings is 1. The van der Waals surface area contributed by atoms with Crippen LogP contribution >= 0.6 is 0 Å². The molecule has 1 saturated heterocycles. The van der Waals surface area contributed by atoms with Gasteiger partial charge in [-0.25, -0.2) is 4.39 Å². The van der Waals surface area contributed by atoms with E-state index in [0.29, 0.717) is 38.0 Å². The molecule has 2 aliphatic rings. The number of halogens is 1. The number of carbonyl (C=O) groups excluding carboxylic acids is 2. The van der Waals surface area contributed by atoms with E-state index in [1.165, 1.54) is 13.0 Å². The molecule has 1 spiro atoms. The van der Waals surface area contributed by atoms with Crippen LogP contribution in [0.5, 0.6) is 5.75 Å². The van der Waals surface area contributed by atoms with Crippen LogP contribution in [-0.2, 0) is 21.4 Å². The number of H-pyrrole nitrogens is 1. The Labute approximate surface area is 203 Å². The fraction of sp³-hybridized carbons (Fsp3) is 0.407. The van der Waals surface area contributed by atoms with Crippen molar-refractivity contribution < 1.29 is 23.8 Å². The van der Waals surface area contributed by atoms with Gasteiger partial charge < -0.3 is 24.6 Å². The van der Waals surface area contributed by atoms with Crippen molar-refractivity contribution in [1.29, 1.82) is 0 Å². The predicted molar refractivity (Wildman–Crippen MR) is 130 cm³/mol. The number of hydrogen-bond acceptors (Lipinski definition) is 4. The summed E-state index contributed by atoms with van der Waals surface area (Å²) in [5, 5.41) is 11.3. The van der Waals surface area contributed by atoms with Crippen LogP contribution in [0.2, 0.25) is 0 Å². The standard InChI is InChI=1S/C27H30FN3O4/c1-17(33)31-16-27(9-11-30(12-10-27)24(34)13-18-5-3-4-6-21(18)28)25-20-8-7-19(35-2)14-22(20)29-26(25)23(31)15-32/h3-8,14,23,29,32H,9-13,15-16H2,1-2H3/t23-/m0/s1. The third kappa shape index (κ3) is 3.95. The van der Waals surface area contributed by atoms with Crippen LogP contribution in [0.25, 0.3) is 10.9 Å². The summed E-state index contributed by atoms with van der Waals surface area (Å²) < 4.78 is 19.5. The summed E-state index contributed by atoms with van der Waals surface area (Å²) in [4.78, 5) is 32.6. The average molecular weight is 480 g/mol. The average Bonchev–Trinajstić information content (AvgIpc) is 3.25. The fourth-order valence-electron chi connectivity index (χ4n) is 5.85. The van der Waals surface area contributed by atoms with Gasteiger partial charge in [0.2, 0.25) is 11.8 Å². The number of likely N-dealkylation sites (tertiary alicyclic amines) is 1. The maximum Gasteiger partial charge on any atom is 0.227 e. The number of aliphatic hydroxyl groups excluding tert-OH is 1. The Morgan fingerprint density at radius 2 is 1.94 bits per heavy atom. The van der Waals surface area contributed by atoms with Crippen molar-refractivity contribution in [2.75, 3.05) is 33.4 Å². The van der Waals surface area contributed by atoms with Crippen LogP contribution in [0.15, 0.2) is 42.5 Å². The highest BCUT2D eigenvalue weighted by Crippen LogP contribution is 2.49. The molecule has 184 valence electrons. The van der Waals surface area contributed by atoms with Gasteiger partial charge in [-0.05, 0) is 42.2 Å². The number of aromatic amines is 1. The van der Waals surface area contributed by atoms with Crippen molar-refractivity contribution in [2.45, 2.75) is 37.6 Å². The second kappa shape index (κ2) is 9.00.